The molecule has 4 nitrogen and oxygen atoms in total. The maximum atomic E-state index is 11.7. The molecule has 1 aromatic carbocycles. The summed E-state index contributed by atoms with van der Waals surface area (Å²) in [6.45, 7) is 6.38. The first-order valence-electron chi connectivity index (χ1n) is 6.74. The zero-order valence-electron chi connectivity index (χ0n) is 12.2. The van der Waals surface area contributed by atoms with Crippen LogP contribution in [0.5, 0.6) is 5.75 Å². The molecule has 1 aromatic rings. The lowest BCUT2D eigenvalue weighted by Crippen LogP contribution is -2.39. The Morgan fingerprint density at radius 3 is 2.63 bits per heavy atom. The lowest BCUT2D eigenvalue weighted by atomic mass is 10.1. The van der Waals surface area contributed by atoms with Gasteiger partial charge in [0.1, 0.15) is 5.75 Å². The van der Waals surface area contributed by atoms with Gasteiger partial charge in [0, 0.05) is 17.6 Å². The molecular weight excluding hydrogens is 240 g/mol. The second-order valence-electron chi connectivity index (χ2n) is 4.72. The van der Waals surface area contributed by atoms with Crippen LogP contribution in [0.3, 0.4) is 0 Å². The Morgan fingerprint density at radius 2 is 2.00 bits per heavy atom. The minimum Gasteiger partial charge on any atom is -0.496 e. The van der Waals surface area contributed by atoms with Crippen LogP contribution < -0.4 is 15.4 Å². The van der Waals surface area contributed by atoms with Crippen molar-refractivity contribution in [2.45, 2.75) is 39.3 Å². The van der Waals surface area contributed by atoms with E-state index in [1.54, 1.807) is 7.11 Å². The van der Waals surface area contributed by atoms with Crippen LogP contribution in [-0.2, 0) is 4.79 Å². The summed E-state index contributed by atoms with van der Waals surface area (Å²) in [4.78, 5) is 11.7. The fourth-order valence-corrected chi connectivity index (χ4v) is 1.81. The molecule has 2 atom stereocenters. The molecule has 2 N–H and O–H groups in total. The number of carbonyl (C=O) groups is 1. The molecule has 0 saturated heterocycles. The Labute approximate surface area is 115 Å². The molecule has 4 heteroatoms. The Bertz CT molecular complexity index is 407. The maximum absolute atomic E-state index is 11.7. The van der Waals surface area contributed by atoms with E-state index in [4.69, 9.17) is 4.74 Å². The molecule has 1 rings (SSSR count). The van der Waals surface area contributed by atoms with E-state index in [1.807, 2.05) is 38.1 Å². The standard InChI is InChI=1S/C15H24N2O2/c1-5-11(2)17-15(18)10-16-12(3)13-8-6-7-9-14(13)19-4/h6-9,11-12,16H,5,10H2,1-4H3,(H,17,18)/t11?,12-/m0/s1. The van der Waals surface area contributed by atoms with Crippen LogP contribution in [0.1, 0.15) is 38.8 Å². The molecular formula is C15H24N2O2. The number of hydrogen-bond acceptors (Lipinski definition) is 3. The zero-order chi connectivity index (χ0) is 14.3. The quantitative estimate of drug-likeness (QED) is 0.794. The van der Waals surface area contributed by atoms with Gasteiger partial charge in [-0.2, -0.15) is 0 Å². The molecule has 0 aliphatic heterocycles. The van der Waals surface area contributed by atoms with Gasteiger partial charge >= 0.3 is 0 Å². The average molecular weight is 264 g/mol. The number of hydrogen-bond donors (Lipinski definition) is 2. The molecule has 0 saturated carbocycles. The van der Waals surface area contributed by atoms with Crippen LogP contribution in [0.2, 0.25) is 0 Å². The van der Waals surface area contributed by atoms with Gasteiger partial charge in [-0.25, -0.2) is 0 Å². The second kappa shape index (κ2) is 7.79. The molecule has 19 heavy (non-hydrogen) atoms. The minimum atomic E-state index is 0.0242. The zero-order valence-corrected chi connectivity index (χ0v) is 12.2. The van der Waals surface area contributed by atoms with Gasteiger partial charge in [0.2, 0.25) is 5.91 Å². The monoisotopic (exact) mass is 264 g/mol. The minimum absolute atomic E-state index is 0.0242. The predicted octanol–water partition coefficient (Wildman–Crippen LogP) is 2.26. The summed E-state index contributed by atoms with van der Waals surface area (Å²) in [5.41, 5.74) is 1.06. The Morgan fingerprint density at radius 1 is 1.32 bits per heavy atom. The summed E-state index contributed by atoms with van der Waals surface area (Å²) in [5.74, 6) is 0.862. The van der Waals surface area contributed by atoms with Gasteiger partial charge in [-0.3, -0.25) is 4.79 Å². The van der Waals surface area contributed by atoms with E-state index < -0.39 is 0 Å². The van der Waals surface area contributed by atoms with E-state index in [2.05, 4.69) is 17.6 Å². The lowest BCUT2D eigenvalue weighted by molar-refractivity contribution is -0.121. The first kappa shape index (κ1) is 15.5. The summed E-state index contributed by atoms with van der Waals surface area (Å²) in [6, 6.07) is 8.12. The van der Waals surface area contributed by atoms with Crippen LogP contribution in [0.4, 0.5) is 0 Å². The second-order valence-corrected chi connectivity index (χ2v) is 4.72. The van der Waals surface area contributed by atoms with E-state index >= 15 is 0 Å². The number of rotatable bonds is 7. The molecule has 0 aliphatic carbocycles. The molecule has 106 valence electrons. The number of ether oxygens (including phenoxy) is 1. The first-order valence-corrected chi connectivity index (χ1v) is 6.74. The van der Waals surface area contributed by atoms with Gasteiger partial charge < -0.3 is 15.4 Å². The molecule has 0 radical (unpaired) electrons. The highest BCUT2D eigenvalue weighted by atomic mass is 16.5. The van der Waals surface area contributed by atoms with Gasteiger partial charge in [0.05, 0.1) is 13.7 Å². The van der Waals surface area contributed by atoms with Crippen molar-refractivity contribution >= 4 is 5.91 Å². The number of methoxy groups -OCH3 is 1. The van der Waals surface area contributed by atoms with E-state index in [9.17, 15) is 4.79 Å². The van der Waals surface area contributed by atoms with Gasteiger partial charge in [-0.05, 0) is 26.3 Å². The molecule has 0 heterocycles. The Hall–Kier alpha value is -1.55. The van der Waals surface area contributed by atoms with E-state index in [0.29, 0.717) is 6.54 Å². The van der Waals surface area contributed by atoms with Gasteiger partial charge in [0.15, 0.2) is 0 Å². The maximum Gasteiger partial charge on any atom is 0.234 e. The van der Waals surface area contributed by atoms with Crippen molar-refractivity contribution in [1.29, 1.82) is 0 Å². The highest BCUT2D eigenvalue weighted by Crippen LogP contribution is 2.23. The van der Waals surface area contributed by atoms with Crippen molar-refractivity contribution in [1.82, 2.24) is 10.6 Å². The van der Waals surface area contributed by atoms with Gasteiger partial charge in [-0.1, -0.05) is 25.1 Å². The normalized spacial score (nSPS) is 13.7. The molecule has 0 fully saturated rings. The largest absolute Gasteiger partial charge is 0.496 e. The van der Waals surface area contributed by atoms with E-state index in [-0.39, 0.29) is 18.0 Å². The molecule has 0 aliphatic rings. The van der Waals surface area contributed by atoms with Crippen LogP contribution in [0, 0.1) is 0 Å². The topological polar surface area (TPSA) is 50.4 Å². The highest BCUT2D eigenvalue weighted by Gasteiger charge is 2.12. The molecule has 0 aromatic heterocycles. The third kappa shape index (κ3) is 4.91. The molecule has 1 unspecified atom stereocenters. The fraction of sp³-hybridized carbons (Fsp3) is 0.533. The summed E-state index contributed by atoms with van der Waals surface area (Å²) in [5, 5.41) is 6.14. The van der Waals surface area contributed by atoms with Gasteiger partial charge in [0.25, 0.3) is 0 Å². The predicted molar refractivity (Wildman–Crippen MR) is 77.3 cm³/mol. The van der Waals surface area contributed by atoms with Crippen molar-refractivity contribution < 1.29 is 9.53 Å². The summed E-state index contributed by atoms with van der Waals surface area (Å²) in [6.07, 6.45) is 0.938. The van der Waals surface area contributed by atoms with Crippen molar-refractivity contribution in [3.8, 4) is 5.75 Å². The van der Waals surface area contributed by atoms with Crippen LogP contribution >= 0.6 is 0 Å². The van der Waals surface area contributed by atoms with Crippen LogP contribution in [0.25, 0.3) is 0 Å². The number of nitrogens with one attached hydrogen (secondary N) is 2. The first-order chi connectivity index (χ1) is 9.08. The van der Waals surface area contributed by atoms with Crippen molar-refractivity contribution in [2.24, 2.45) is 0 Å². The fourth-order valence-electron chi connectivity index (χ4n) is 1.81. The number of carbonyl (C=O) groups excluding carboxylic acids is 1. The number of amides is 1. The van der Waals surface area contributed by atoms with E-state index in [1.165, 1.54) is 0 Å². The third-order valence-corrected chi connectivity index (χ3v) is 3.19. The van der Waals surface area contributed by atoms with Crippen LogP contribution in [-0.4, -0.2) is 25.6 Å². The highest BCUT2D eigenvalue weighted by molar-refractivity contribution is 5.78. The number of para-hydroxylation sites is 1. The third-order valence-electron chi connectivity index (χ3n) is 3.19. The molecule has 0 spiro atoms. The summed E-state index contributed by atoms with van der Waals surface area (Å²) in [7, 11) is 1.65. The summed E-state index contributed by atoms with van der Waals surface area (Å²) >= 11 is 0. The van der Waals surface area contributed by atoms with Gasteiger partial charge in [-0.15, -0.1) is 0 Å². The van der Waals surface area contributed by atoms with Crippen LogP contribution in [0.15, 0.2) is 24.3 Å². The lowest BCUT2D eigenvalue weighted by Gasteiger charge is -2.18. The number of benzene rings is 1. The Kier molecular flexibility index (Phi) is 6.36. The van der Waals surface area contributed by atoms with Crippen molar-refractivity contribution in [3.05, 3.63) is 29.8 Å². The SMILES string of the molecule is CCC(C)NC(=O)CN[C@@H](C)c1ccccc1OC. The molecule has 1 amide bonds. The van der Waals surface area contributed by atoms with E-state index in [0.717, 1.165) is 17.7 Å². The molecule has 0 bridgehead atoms. The van der Waals surface area contributed by atoms with Crippen molar-refractivity contribution in [2.75, 3.05) is 13.7 Å². The Balaban J connectivity index is 2.51. The van der Waals surface area contributed by atoms with Crippen molar-refractivity contribution in [3.63, 3.8) is 0 Å². The summed E-state index contributed by atoms with van der Waals surface area (Å²) < 4.78 is 5.31. The average Bonchev–Trinajstić information content (AvgIpc) is 2.44. The smallest absolute Gasteiger partial charge is 0.234 e.